The molecule has 1 atom stereocenters. The maximum absolute atomic E-state index is 12.9. The fourth-order valence-electron chi connectivity index (χ4n) is 2.69. The van der Waals surface area contributed by atoms with Gasteiger partial charge >= 0.3 is 0 Å². The van der Waals surface area contributed by atoms with Crippen molar-refractivity contribution in [1.82, 2.24) is 9.88 Å². The number of nitrogens with zero attached hydrogens (tertiary/aromatic N) is 2. The van der Waals surface area contributed by atoms with E-state index in [4.69, 9.17) is 4.74 Å². The molecule has 2 aromatic rings. The fraction of sp³-hybridized carbons (Fsp3) is 0.300. The minimum Gasteiger partial charge on any atom is -0.389 e. The van der Waals surface area contributed by atoms with E-state index in [1.165, 1.54) is 11.8 Å². The molecule has 1 aliphatic heterocycles. The van der Waals surface area contributed by atoms with Gasteiger partial charge in [0.05, 0.1) is 24.9 Å². The molecule has 0 radical (unpaired) electrons. The second kappa shape index (κ2) is 9.52. The number of carbonyl (C=O) groups excluding carboxylic acids is 1. The minimum atomic E-state index is -0.650. The molecule has 5 nitrogen and oxygen atoms in total. The molecule has 1 aromatic carbocycles. The Morgan fingerprint density at radius 3 is 3.00 bits per heavy atom. The molecule has 26 heavy (non-hydrogen) atoms. The van der Waals surface area contributed by atoms with E-state index in [-0.39, 0.29) is 19.1 Å². The Labute approximate surface area is 157 Å². The minimum absolute atomic E-state index is 0.114. The quantitative estimate of drug-likeness (QED) is 0.820. The standard InChI is InChI=1S/C20H22N2O3S/c23-17-14-22(11-12-25-15-17)20(24)18-9-4-10-21-19(18)26-13-5-8-16-6-2-1-3-7-16/h1-10,17,23H,11-15H2/b8-5+/t17-/m0/s1. The first kappa shape index (κ1) is 18.6. The summed E-state index contributed by atoms with van der Waals surface area (Å²) < 4.78 is 5.30. The number of carbonyl (C=O) groups is 1. The van der Waals surface area contributed by atoms with Crippen LogP contribution in [0, 0.1) is 0 Å². The number of β-amino-alcohol motifs (C(OH)–C–C–N with tert-alkyl or cyclic N) is 1. The van der Waals surface area contributed by atoms with Crippen LogP contribution in [0.1, 0.15) is 15.9 Å². The molecular weight excluding hydrogens is 348 g/mol. The third-order valence-electron chi connectivity index (χ3n) is 3.96. The normalized spacial score (nSPS) is 18.0. The van der Waals surface area contributed by atoms with E-state index in [0.29, 0.717) is 23.7 Å². The summed E-state index contributed by atoms with van der Waals surface area (Å²) in [5.74, 6) is 0.606. The van der Waals surface area contributed by atoms with E-state index in [1.807, 2.05) is 30.3 Å². The third kappa shape index (κ3) is 5.17. The molecule has 0 unspecified atom stereocenters. The van der Waals surface area contributed by atoms with Gasteiger partial charge in [0, 0.05) is 25.0 Å². The van der Waals surface area contributed by atoms with Gasteiger partial charge in [0.15, 0.2) is 0 Å². The van der Waals surface area contributed by atoms with E-state index in [9.17, 15) is 9.90 Å². The van der Waals surface area contributed by atoms with Crippen molar-refractivity contribution in [3.8, 4) is 0 Å². The number of aliphatic hydroxyl groups excluding tert-OH is 1. The summed E-state index contributed by atoms with van der Waals surface area (Å²) >= 11 is 1.53. The van der Waals surface area contributed by atoms with Crippen molar-refractivity contribution >= 4 is 23.7 Å². The molecule has 3 rings (SSSR count). The van der Waals surface area contributed by atoms with Crippen LogP contribution in [0.3, 0.4) is 0 Å². The Morgan fingerprint density at radius 2 is 2.15 bits per heavy atom. The predicted octanol–water partition coefficient (Wildman–Crippen LogP) is 2.72. The van der Waals surface area contributed by atoms with Crippen molar-refractivity contribution in [3.63, 3.8) is 0 Å². The highest BCUT2D eigenvalue weighted by Gasteiger charge is 2.24. The van der Waals surface area contributed by atoms with Gasteiger partial charge < -0.3 is 14.7 Å². The monoisotopic (exact) mass is 370 g/mol. The van der Waals surface area contributed by atoms with Crippen molar-refractivity contribution in [3.05, 3.63) is 65.9 Å². The first-order valence-electron chi connectivity index (χ1n) is 8.58. The van der Waals surface area contributed by atoms with E-state index in [0.717, 1.165) is 11.3 Å². The highest BCUT2D eigenvalue weighted by molar-refractivity contribution is 7.99. The molecule has 1 saturated heterocycles. The van der Waals surface area contributed by atoms with Crippen LogP contribution in [-0.2, 0) is 4.74 Å². The lowest BCUT2D eigenvalue weighted by molar-refractivity contribution is 0.0533. The van der Waals surface area contributed by atoms with Gasteiger partial charge in [-0.25, -0.2) is 4.98 Å². The maximum atomic E-state index is 12.9. The Balaban J connectivity index is 1.65. The molecule has 0 spiro atoms. The molecule has 1 N–H and O–H groups in total. The highest BCUT2D eigenvalue weighted by atomic mass is 32.2. The molecule has 0 bridgehead atoms. The average Bonchev–Trinajstić information content (AvgIpc) is 2.90. The van der Waals surface area contributed by atoms with E-state index in [2.05, 4.69) is 17.1 Å². The van der Waals surface area contributed by atoms with Crippen LogP contribution in [0.15, 0.2) is 59.8 Å². The molecule has 0 saturated carbocycles. The van der Waals surface area contributed by atoms with Crippen molar-refractivity contribution in [1.29, 1.82) is 0 Å². The van der Waals surface area contributed by atoms with E-state index in [1.54, 1.807) is 23.2 Å². The molecule has 1 aliphatic rings. The SMILES string of the molecule is O=C(c1cccnc1SC/C=C/c1ccccc1)N1CCOC[C@@H](O)C1. The molecule has 1 aromatic heterocycles. The Hall–Kier alpha value is -2.15. The number of hydrogen-bond donors (Lipinski definition) is 1. The number of aromatic nitrogens is 1. The van der Waals surface area contributed by atoms with Gasteiger partial charge in [-0.2, -0.15) is 0 Å². The highest BCUT2D eigenvalue weighted by Crippen LogP contribution is 2.22. The lowest BCUT2D eigenvalue weighted by Crippen LogP contribution is -2.38. The molecule has 1 amide bonds. The van der Waals surface area contributed by atoms with Crippen LogP contribution in [0.4, 0.5) is 0 Å². The Kier molecular flexibility index (Phi) is 6.82. The van der Waals surface area contributed by atoms with Gasteiger partial charge in [0.25, 0.3) is 5.91 Å². The average molecular weight is 370 g/mol. The van der Waals surface area contributed by atoms with Crippen LogP contribution in [0.2, 0.25) is 0 Å². The van der Waals surface area contributed by atoms with Crippen molar-refractivity contribution in [2.24, 2.45) is 0 Å². The summed E-state index contributed by atoms with van der Waals surface area (Å²) in [6.07, 6.45) is 5.16. The van der Waals surface area contributed by atoms with E-state index < -0.39 is 6.10 Å². The molecular formula is C20H22N2O3S. The number of ether oxygens (including phenoxy) is 1. The largest absolute Gasteiger partial charge is 0.389 e. The maximum Gasteiger partial charge on any atom is 0.256 e. The summed E-state index contributed by atoms with van der Waals surface area (Å²) in [5, 5.41) is 10.6. The number of pyridine rings is 1. The second-order valence-corrected chi connectivity index (χ2v) is 6.97. The lowest BCUT2D eigenvalue weighted by atomic mass is 10.2. The number of benzene rings is 1. The van der Waals surface area contributed by atoms with Crippen LogP contribution in [-0.4, -0.2) is 59.1 Å². The topological polar surface area (TPSA) is 62.7 Å². The first-order chi connectivity index (χ1) is 12.7. The summed E-state index contributed by atoms with van der Waals surface area (Å²) in [7, 11) is 0. The van der Waals surface area contributed by atoms with Crippen LogP contribution >= 0.6 is 11.8 Å². The predicted molar refractivity (Wildman–Crippen MR) is 103 cm³/mol. The number of hydrogen-bond acceptors (Lipinski definition) is 5. The van der Waals surface area contributed by atoms with E-state index >= 15 is 0 Å². The van der Waals surface area contributed by atoms with Crippen LogP contribution in [0.5, 0.6) is 0 Å². The number of aliphatic hydroxyl groups is 1. The van der Waals surface area contributed by atoms with Gasteiger partial charge in [-0.05, 0) is 17.7 Å². The number of amides is 1. The Bertz CT molecular complexity index is 752. The number of thioether (sulfide) groups is 1. The second-order valence-electron chi connectivity index (χ2n) is 5.96. The third-order valence-corrected chi connectivity index (χ3v) is 4.92. The summed E-state index contributed by atoms with van der Waals surface area (Å²) in [6, 6.07) is 13.6. The molecule has 136 valence electrons. The Morgan fingerprint density at radius 1 is 1.31 bits per heavy atom. The lowest BCUT2D eigenvalue weighted by Gasteiger charge is -2.22. The first-order valence-corrected chi connectivity index (χ1v) is 9.57. The van der Waals surface area contributed by atoms with Crippen LogP contribution in [0.25, 0.3) is 6.08 Å². The summed E-state index contributed by atoms with van der Waals surface area (Å²) in [5.41, 5.74) is 1.71. The zero-order valence-corrected chi connectivity index (χ0v) is 15.3. The molecule has 2 heterocycles. The zero-order valence-electron chi connectivity index (χ0n) is 14.5. The number of rotatable bonds is 5. The van der Waals surface area contributed by atoms with Crippen molar-refractivity contribution in [2.45, 2.75) is 11.1 Å². The van der Waals surface area contributed by atoms with Crippen molar-refractivity contribution in [2.75, 3.05) is 32.1 Å². The van der Waals surface area contributed by atoms with Gasteiger partial charge in [-0.15, -0.1) is 11.8 Å². The van der Waals surface area contributed by atoms with Crippen molar-refractivity contribution < 1.29 is 14.6 Å². The van der Waals surface area contributed by atoms with Gasteiger partial charge in [0.2, 0.25) is 0 Å². The van der Waals surface area contributed by atoms with Gasteiger partial charge in [-0.1, -0.05) is 42.5 Å². The van der Waals surface area contributed by atoms with Crippen LogP contribution < -0.4 is 0 Å². The fourth-order valence-corrected chi connectivity index (χ4v) is 3.49. The molecule has 0 aliphatic carbocycles. The molecule has 1 fully saturated rings. The summed E-state index contributed by atoms with van der Waals surface area (Å²) in [4.78, 5) is 18.9. The zero-order chi connectivity index (χ0) is 18.2. The van der Waals surface area contributed by atoms with Gasteiger partial charge in [0.1, 0.15) is 5.03 Å². The van der Waals surface area contributed by atoms with Gasteiger partial charge in [-0.3, -0.25) is 4.79 Å². The summed E-state index contributed by atoms with van der Waals surface area (Å²) in [6.45, 7) is 1.46. The molecule has 6 heteroatoms. The smallest absolute Gasteiger partial charge is 0.256 e.